The van der Waals surface area contributed by atoms with Crippen LogP contribution in [-0.4, -0.2) is 45.9 Å². The van der Waals surface area contributed by atoms with E-state index in [-0.39, 0.29) is 0 Å². The first-order valence-electron chi connectivity index (χ1n) is 5.68. The minimum atomic E-state index is 0.378. The van der Waals surface area contributed by atoms with Gasteiger partial charge in [0.2, 0.25) is 15.2 Å². The molecule has 0 N–H and O–H groups in total. The standard InChI is InChI=1S/C10H22N.Al.H/c1-5-9-11(7-3,8-4)10-6-2;;/h1-2,5-10H2,3-4H3;;/q+1;;. The molecule has 70 valence electrons. The van der Waals surface area contributed by atoms with Crippen LogP contribution in [0.5, 0.6) is 0 Å². The Labute approximate surface area is 83.4 Å². The molecule has 1 aliphatic heterocycles. The molecule has 0 atom stereocenters. The Hall–Kier alpha value is 0.492. The van der Waals surface area contributed by atoms with Gasteiger partial charge in [0, 0.05) is 0 Å². The van der Waals surface area contributed by atoms with Crippen molar-refractivity contribution in [3.63, 3.8) is 0 Å². The monoisotopic (exact) mass is 184 g/mol. The summed E-state index contributed by atoms with van der Waals surface area (Å²) < 4.78 is 1.41. The first-order chi connectivity index (χ1) is 5.83. The van der Waals surface area contributed by atoms with Crippen LogP contribution >= 0.6 is 0 Å². The van der Waals surface area contributed by atoms with Gasteiger partial charge in [-0.15, -0.1) is 0 Å². The highest BCUT2D eigenvalue weighted by Crippen LogP contribution is 2.15. The van der Waals surface area contributed by atoms with Gasteiger partial charge in [0.15, 0.2) is 0 Å². The molecule has 0 amide bonds. The molecule has 0 radical (unpaired) electrons. The summed E-state index contributed by atoms with van der Waals surface area (Å²) in [6.07, 6.45) is 3.04. The predicted molar refractivity (Wildman–Crippen MR) is 57.1 cm³/mol. The third kappa shape index (κ3) is 2.76. The fraction of sp³-hybridized carbons (Fsp3) is 1.00. The van der Waals surface area contributed by atoms with Crippen LogP contribution in [0.1, 0.15) is 26.7 Å². The number of hydrogen-bond donors (Lipinski definition) is 0. The van der Waals surface area contributed by atoms with Crippen LogP contribution in [0.3, 0.4) is 0 Å². The Bertz CT molecular complexity index is 111. The van der Waals surface area contributed by atoms with Crippen molar-refractivity contribution in [2.24, 2.45) is 0 Å². The molecule has 0 saturated carbocycles. The van der Waals surface area contributed by atoms with Gasteiger partial charge in [-0.25, -0.2) is 0 Å². The second kappa shape index (κ2) is 5.27. The molecule has 0 aromatic carbocycles. The van der Waals surface area contributed by atoms with Gasteiger partial charge in [-0.1, -0.05) is 10.6 Å². The van der Waals surface area contributed by atoms with Crippen LogP contribution in [0, 0.1) is 0 Å². The second-order valence-electron chi connectivity index (χ2n) is 4.19. The highest BCUT2D eigenvalue weighted by molar-refractivity contribution is 6.35. The van der Waals surface area contributed by atoms with E-state index in [2.05, 4.69) is 13.8 Å². The van der Waals surface area contributed by atoms with Crippen molar-refractivity contribution >= 4 is 15.2 Å². The van der Waals surface area contributed by atoms with Gasteiger partial charge < -0.3 is 4.48 Å². The summed E-state index contributed by atoms with van der Waals surface area (Å²) in [5, 5.41) is 3.22. The average Bonchev–Trinajstić information content (AvgIpc) is 2.06. The minimum absolute atomic E-state index is 0.378. The van der Waals surface area contributed by atoms with E-state index in [1.165, 1.54) is 43.5 Å². The first kappa shape index (κ1) is 10.6. The number of nitrogens with zero attached hydrogens (tertiary/aromatic N) is 1. The number of hydrogen-bond acceptors (Lipinski definition) is 0. The quantitative estimate of drug-likeness (QED) is 0.454. The molecule has 2 heteroatoms. The molecule has 0 aromatic heterocycles. The second-order valence-corrected chi connectivity index (χ2v) is 6.31. The van der Waals surface area contributed by atoms with Crippen molar-refractivity contribution in [3.8, 4) is 0 Å². The highest BCUT2D eigenvalue weighted by atomic mass is 27.1. The van der Waals surface area contributed by atoms with E-state index in [0.717, 1.165) is 0 Å². The molecule has 1 aliphatic rings. The lowest BCUT2D eigenvalue weighted by Gasteiger charge is -2.38. The van der Waals surface area contributed by atoms with E-state index < -0.39 is 0 Å². The summed E-state index contributed by atoms with van der Waals surface area (Å²) in [4.78, 5) is 0. The fourth-order valence-electron chi connectivity index (χ4n) is 2.39. The van der Waals surface area contributed by atoms with Gasteiger partial charge >= 0.3 is 0 Å². The van der Waals surface area contributed by atoms with Crippen molar-refractivity contribution < 1.29 is 4.48 Å². The van der Waals surface area contributed by atoms with Crippen LogP contribution in [0.15, 0.2) is 0 Å². The summed E-state index contributed by atoms with van der Waals surface area (Å²) in [7, 11) is 0. The van der Waals surface area contributed by atoms with Gasteiger partial charge in [-0.3, -0.25) is 0 Å². The van der Waals surface area contributed by atoms with Crippen molar-refractivity contribution in [2.45, 2.75) is 37.3 Å². The predicted octanol–water partition coefficient (Wildman–Crippen LogP) is 1.91. The lowest BCUT2D eigenvalue weighted by molar-refractivity contribution is -0.925. The summed E-state index contributed by atoms with van der Waals surface area (Å²) >= 11 is 0.378. The van der Waals surface area contributed by atoms with E-state index >= 15 is 0 Å². The Balaban J connectivity index is 2.45. The normalized spacial score (nSPS) is 23.8. The van der Waals surface area contributed by atoms with E-state index in [1.807, 2.05) is 0 Å². The number of quaternary nitrogens is 1. The van der Waals surface area contributed by atoms with Crippen LogP contribution in [0.4, 0.5) is 0 Å². The highest BCUT2D eigenvalue weighted by Gasteiger charge is 2.23. The summed E-state index contributed by atoms with van der Waals surface area (Å²) in [5.74, 6) is 0. The van der Waals surface area contributed by atoms with Crippen LogP contribution in [0.2, 0.25) is 10.6 Å². The maximum absolute atomic E-state index is 2.36. The lowest BCUT2D eigenvalue weighted by atomic mass is 10.2. The Morgan fingerprint density at radius 2 is 1.50 bits per heavy atom. The van der Waals surface area contributed by atoms with Crippen molar-refractivity contribution in [1.29, 1.82) is 0 Å². The molecule has 0 spiro atoms. The zero-order chi connectivity index (χ0) is 8.86. The Kier molecular flexibility index (Phi) is 4.64. The third-order valence-corrected chi connectivity index (χ3v) is 5.61. The van der Waals surface area contributed by atoms with Crippen LogP contribution < -0.4 is 0 Å². The molecule has 12 heavy (non-hydrogen) atoms. The van der Waals surface area contributed by atoms with Gasteiger partial charge in [-0.05, 0) is 26.7 Å². The first-order valence-corrected chi connectivity index (χ1v) is 7.68. The SMILES string of the molecule is CC[N+]1(CC)CC[CH2][AlH][CH2]CC1. The molecule has 1 saturated heterocycles. The lowest BCUT2D eigenvalue weighted by Crippen LogP contribution is -2.49. The largest absolute Gasteiger partial charge is 0.324 e. The molecule has 1 nitrogen and oxygen atoms in total. The summed E-state index contributed by atoms with van der Waals surface area (Å²) in [5.41, 5.74) is 0. The van der Waals surface area contributed by atoms with Crippen molar-refractivity contribution in [2.75, 3.05) is 26.2 Å². The van der Waals surface area contributed by atoms with E-state index in [9.17, 15) is 0 Å². The Morgan fingerprint density at radius 3 is 1.92 bits per heavy atom. The molecule has 0 aliphatic carbocycles. The molecule has 1 heterocycles. The van der Waals surface area contributed by atoms with Gasteiger partial charge in [0.1, 0.15) is 0 Å². The minimum Gasteiger partial charge on any atom is -0.324 e. The Morgan fingerprint density at radius 1 is 1.00 bits per heavy atom. The van der Waals surface area contributed by atoms with Gasteiger partial charge in [-0.2, -0.15) is 0 Å². The number of rotatable bonds is 2. The third-order valence-electron chi connectivity index (χ3n) is 3.61. The molecule has 0 unspecified atom stereocenters. The molecular weight excluding hydrogens is 161 g/mol. The molecule has 0 bridgehead atoms. The van der Waals surface area contributed by atoms with Gasteiger partial charge in [0.05, 0.1) is 26.2 Å². The summed E-state index contributed by atoms with van der Waals surface area (Å²) in [6, 6.07) is 0. The van der Waals surface area contributed by atoms with Crippen molar-refractivity contribution in [3.05, 3.63) is 0 Å². The van der Waals surface area contributed by atoms with E-state index in [1.54, 1.807) is 10.6 Å². The zero-order valence-electron chi connectivity index (χ0n) is 8.81. The van der Waals surface area contributed by atoms with E-state index in [4.69, 9.17) is 0 Å². The molecule has 1 fully saturated rings. The van der Waals surface area contributed by atoms with E-state index in [0.29, 0.717) is 15.2 Å². The van der Waals surface area contributed by atoms with Crippen molar-refractivity contribution in [1.82, 2.24) is 0 Å². The molecule has 1 rings (SSSR count). The molecular formula is C10H23AlN+. The van der Waals surface area contributed by atoms with Crippen LogP contribution in [0.25, 0.3) is 0 Å². The summed E-state index contributed by atoms with van der Waals surface area (Å²) in [6.45, 7) is 10.4. The maximum atomic E-state index is 2.36. The topological polar surface area (TPSA) is 0 Å². The van der Waals surface area contributed by atoms with Gasteiger partial charge in [0.25, 0.3) is 0 Å². The fourth-order valence-corrected chi connectivity index (χ4v) is 3.90. The van der Waals surface area contributed by atoms with Crippen LogP contribution in [-0.2, 0) is 0 Å². The molecule has 0 aromatic rings. The smallest absolute Gasteiger partial charge is 0.237 e. The maximum Gasteiger partial charge on any atom is 0.237 e. The zero-order valence-corrected chi connectivity index (χ0v) is 10.2. The average molecular weight is 184 g/mol.